The largest absolute Gasteiger partial charge is 0.458 e. The SMILES string of the molecule is CCCCCCCCCCCCCCCC(=O)C(CCCCCCCCCCCCCC)C(=O)N[C@@H](CS)C(=O)OC(C)(C)C. The molecule has 6 heteroatoms. The quantitative estimate of drug-likeness (QED) is 0.0328. The molecule has 0 aromatic heterocycles. The molecule has 0 aliphatic carbocycles. The van der Waals surface area contributed by atoms with E-state index in [-0.39, 0.29) is 17.4 Å². The highest BCUT2D eigenvalue weighted by Gasteiger charge is 2.31. The van der Waals surface area contributed by atoms with Crippen LogP contribution in [0.15, 0.2) is 0 Å². The van der Waals surface area contributed by atoms with E-state index >= 15 is 0 Å². The first-order chi connectivity index (χ1) is 21.7. The standard InChI is InChI=1S/C39H75NO4S/c1-6-8-10-12-14-16-18-20-22-24-26-28-30-32-36(41)34(37(42)40-35(33-45)38(43)44-39(3,4)5)31-29-27-25-23-21-19-17-15-13-11-9-7-2/h34-35,45H,6-33H2,1-5H3,(H,40,42)/t34?,35-/m0/s1. The number of amides is 1. The summed E-state index contributed by atoms with van der Waals surface area (Å²) in [5.41, 5.74) is -0.651. The minimum absolute atomic E-state index is 0.0146. The molecule has 1 N–H and O–H groups in total. The van der Waals surface area contributed by atoms with E-state index in [1.165, 1.54) is 122 Å². The van der Waals surface area contributed by atoms with E-state index in [9.17, 15) is 14.4 Å². The van der Waals surface area contributed by atoms with Crippen molar-refractivity contribution < 1.29 is 19.1 Å². The predicted molar refractivity (Wildman–Crippen MR) is 196 cm³/mol. The van der Waals surface area contributed by atoms with Gasteiger partial charge in [0.1, 0.15) is 17.4 Å². The number of ether oxygens (including phenoxy) is 1. The van der Waals surface area contributed by atoms with Crippen LogP contribution >= 0.6 is 12.6 Å². The topological polar surface area (TPSA) is 72.5 Å². The average molecular weight is 654 g/mol. The second kappa shape index (κ2) is 30.3. The summed E-state index contributed by atoms with van der Waals surface area (Å²) in [5.74, 6) is -1.39. The first-order valence-corrected chi connectivity index (χ1v) is 20.0. The van der Waals surface area contributed by atoms with Crippen LogP contribution in [0.2, 0.25) is 0 Å². The van der Waals surface area contributed by atoms with Gasteiger partial charge in [0, 0.05) is 12.2 Å². The van der Waals surface area contributed by atoms with Crippen molar-refractivity contribution >= 4 is 30.3 Å². The number of carbonyl (C=O) groups is 3. The van der Waals surface area contributed by atoms with Gasteiger partial charge >= 0.3 is 5.97 Å². The lowest BCUT2D eigenvalue weighted by atomic mass is 9.91. The van der Waals surface area contributed by atoms with Crippen LogP contribution in [0.1, 0.15) is 208 Å². The normalized spacial score (nSPS) is 13.0. The fourth-order valence-corrected chi connectivity index (χ4v) is 6.18. The Kier molecular flexibility index (Phi) is 29.6. The average Bonchev–Trinajstić information content (AvgIpc) is 2.99. The fraction of sp³-hybridized carbons (Fsp3) is 0.923. The summed E-state index contributed by atoms with van der Waals surface area (Å²) >= 11 is 4.29. The third-order valence-corrected chi connectivity index (χ3v) is 9.13. The molecule has 1 amide bonds. The molecule has 0 fully saturated rings. The van der Waals surface area contributed by atoms with E-state index in [1.807, 2.05) is 0 Å². The molecular weight excluding hydrogens is 578 g/mol. The van der Waals surface area contributed by atoms with Gasteiger partial charge in [-0.25, -0.2) is 4.79 Å². The van der Waals surface area contributed by atoms with Crippen molar-refractivity contribution in [3.05, 3.63) is 0 Å². The van der Waals surface area contributed by atoms with E-state index in [0.29, 0.717) is 12.8 Å². The Balaban J connectivity index is 4.54. The molecule has 1 unspecified atom stereocenters. The van der Waals surface area contributed by atoms with Crippen molar-refractivity contribution in [1.29, 1.82) is 0 Å². The molecule has 0 spiro atoms. The molecule has 0 bridgehead atoms. The van der Waals surface area contributed by atoms with Gasteiger partial charge in [0.05, 0.1) is 5.92 Å². The lowest BCUT2D eigenvalue weighted by molar-refractivity contribution is -0.158. The van der Waals surface area contributed by atoms with Gasteiger partial charge in [0.25, 0.3) is 0 Å². The summed E-state index contributed by atoms with van der Waals surface area (Å²) in [6, 6.07) is -0.853. The zero-order valence-corrected chi connectivity index (χ0v) is 31.4. The summed E-state index contributed by atoms with van der Waals surface area (Å²) in [4.78, 5) is 39.2. The fourth-order valence-electron chi connectivity index (χ4n) is 5.94. The van der Waals surface area contributed by atoms with Crippen molar-refractivity contribution in [2.75, 3.05) is 5.75 Å². The monoisotopic (exact) mass is 654 g/mol. The van der Waals surface area contributed by atoms with Crippen LogP contribution in [0.3, 0.4) is 0 Å². The Morgan fingerprint density at radius 1 is 0.578 bits per heavy atom. The summed E-state index contributed by atoms with van der Waals surface area (Å²) < 4.78 is 5.47. The zero-order chi connectivity index (χ0) is 33.6. The number of unbranched alkanes of at least 4 members (excludes halogenated alkanes) is 23. The third-order valence-electron chi connectivity index (χ3n) is 8.77. The number of esters is 1. The second-order valence-corrected chi connectivity index (χ2v) is 14.8. The number of hydrogen-bond acceptors (Lipinski definition) is 5. The first-order valence-electron chi connectivity index (χ1n) is 19.3. The van der Waals surface area contributed by atoms with Gasteiger partial charge in [-0.2, -0.15) is 12.6 Å². The summed E-state index contributed by atoms with van der Waals surface area (Å²) in [6.45, 7) is 9.93. The third kappa shape index (κ3) is 27.8. The Morgan fingerprint density at radius 2 is 0.933 bits per heavy atom. The van der Waals surface area contributed by atoms with Crippen LogP contribution in [0.25, 0.3) is 0 Å². The number of hydrogen-bond donors (Lipinski definition) is 2. The van der Waals surface area contributed by atoms with Crippen LogP contribution < -0.4 is 5.32 Å². The highest BCUT2D eigenvalue weighted by molar-refractivity contribution is 7.80. The highest BCUT2D eigenvalue weighted by Crippen LogP contribution is 2.20. The minimum atomic E-state index is -0.853. The van der Waals surface area contributed by atoms with Crippen LogP contribution in [-0.4, -0.2) is 35.1 Å². The second-order valence-electron chi connectivity index (χ2n) is 14.5. The molecule has 0 heterocycles. The maximum Gasteiger partial charge on any atom is 0.330 e. The Bertz CT molecular complexity index is 720. The van der Waals surface area contributed by atoms with Crippen molar-refractivity contribution in [3.63, 3.8) is 0 Å². The molecule has 0 saturated heterocycles. The molecule has 0 aliphatic heterocycles. The Hall–Kier alpha value is -1.04. The molecule has 0 rings (SSSR count). The Morgan fingerprint density at radius 3 is 1.29 bits per heavy atom. The molecule has 0 radical (unpaired) electrons. The molecule has 0 saturated carbocycles. The van der Waals surface area contributed by atoms with Crippen LogP contribution in [0.4, 0.5) is 0 Å². The van der Waals surface area contributed by atoms with Gasteiger partial charge in [-0.15, -0.1) is 0 Å². The zero-order valence-electron chi connectivity index (χ0n) is 30.5. The molecule has 45 heavy (non-hydrogen) atoms. The van der Waals surface area contributed by atoms with E-state index < -0.39 is 23.5 Å². The van der Waals surface area contributed by atoms with Crippen molar-refractivity contribution in [2.24, 2.45) is 5.92 Å². The van der Waals surface area contributed by atoms with Gasteiger partial charge < -0.3 is 10.1 Å². The number of nitrogens with one attached hydrogen (secondary N) is 1. The van der Waals surface area contributed by atoms with Crippen molar-refractivity contribution in [2.45, 2.75) is 220 Å². The lowest BCUT2D eigenvalue weighted by Gasteiger charge is -2.25. The van der Waals surface area contributed by atoms with Gasteiger partial charge in [-0.05, 0) is 33.6 Å². The number of thiol groups is 1. The van der Waals surface area contributed by atoms with Crippen LogP contribution in [0.5, 0.6) is 0 Å². The smallest absolute Gasteiger partial charge is 0.330 e. The number of ketones is 1. The molecule has 5 nitrogen and oxygen atoms in total. The summed E-state index contributed by atoms with van der Waals surface area (Å²) in [6.07, 6.45) is 32.3. The van der Waals surface area contributed by atoms with Gasteiger partial charge in [-0.3, -0.25) is 9.59 Å². The van der Waals surface area contributed by atoms with Gasteiger partial charge in [0.15, 0.2) is 0 Å². The maximum absolute atomic E-state index is 13.3. The van der Waals surface area contributed by atoms with Crippen LogP contribution in [0, 0.1) is 5.92 Å². The summed E-state index contributed by atoms with van der Waals surface area (Å²) in [5, 5.41) is 2.80. The van der Waals surface area contributed by atoms with Crippen molar-refractivity contribution in [1.82, 2.24) is 5.32 Å². The number of carbonyl (C=O) groups excluding carboxylic acids is 3. The first kappa shape index (κ1) is 44.0. The Labute approximate surface area is 285 Å². The molecule has 266 valence electrons. The maximum atomic E-state index is 13.3. The number of Topliss-reactive ketones (excluding diaryl/α,β-unsaturated/α-hetero) is 1. The van der Waals surface area contributed by atoms with E-state index in [4.69, 9.17) is 4.74 Å². The van der Waals surface area contributed by atoms with Gasteiger partial charge in [0.2, 0.25) is 5.91 Å². The van der Waals surface area contributed by atoms with Gasteiger partial charge in [-0.1, -0.05) is 168 Å². The number of rotatable bonds is 32. The molecule has 0 aromatic rings. The molecule has 0 aliphatic rings. The lowest BCUT2D eigenvalue weighted by Crippen LogP contribution is -2.48. The van der Waals surface area contributed by atoms with E-state index in [2.05, 4.69) is 31.8 Å². The van der Waals surface area contributed by atoms with Crippen LogP contribution in [-0.2, 0) is 19.1 Å². The van der Waals surface area contributed by atoms with Crippen molar-refractivity contribution in [3.8, 4) is 0 Å². The highest BCUT2D eigenvalue weighted by atomic mass is 32.1. The predicted octanol–water partition coefficient (Wildman–Crippen LogP) is 11.5. The summed E-state index contributed by atoms with van der Waals surface area (Å²) in [7, 11) is 0. The molecule has 0 aromatic carbocycles. The van der Waals surface area contributed by atoms with E-state index in [1.54, 1.807) is 20.8 Å². The minimum Gasteiger partial charge on any atom is -0.458 e. The van der Waals surface area contributed by atoms with E-state index in [0.717, 1.165) is 38.5 Å². The molecule has 2 atom stereocenters. The molecular formula is C39H75NO4S.